The highest BCUT2D eigenvalue weighted by molar-refractivity contribution is 5.94. The molecule has 1 aromatic heterocycles. The van der Waals surface area contributed by atoms with Crippen molar-refractivity contribution in [3.63, 3.8) is 0 Å². The fraction of sp³-hybridized carbons (Fsp3) is 0.438. The number of rotatable bonds is 4. The van der Waals surface area contributed by atoms with E-state index in [9.17, 15) is 13.6 Å². The highest BCUT2D eigenvalue weighted by Gasteiger charge is 2.25. The highest BCUT2D eigenvalue weighted by Crippen LogP contribution is 2.21. The van der Waals surface area contributed by atoms with Gasteiger partial charge in [-0.15, -0.1) is 5.10 Å². The molecule has 8 heteroatoms. The van der Waals surface area contributed by atoms with E-state index >= 15 is 0 Å². The van der Waals surface area contributed by atoms with E-state index in [1.165, 1.54) is 6.07 Å². The van der Waals surface area contributed by atoms with Gasteiger partial charge in [0.15, 0.2) is 11.6 Å². The quantitative estimate of drug-likeness (QED) is 0.920. The maximum absolute atomic E-state index is 13.3. The van der Waals surface area contributed by atoms with E-state index in [-0.39, 0.29) is 17.4 Å². The number of carbonyl (C=O) groups is 1. The zero-order chi connectivity index (χ0) is 17.1. The summed E-state index contributed by atoms with van der Waals surface area (Å²) in [5.74, 6) is -2.00. The minimum absolute atomic E-state index is 0.167. The molecule has 1 aliphatic rings. The number of nitrogens with two attached hydrogens (primary N) is 1. The average molecular weight is 335 g/mol. The standard InChI is InChI=1S/C16H19F2N5O/c17-14-4-3-12(6-15(14)18)16(24)22-5-1-2-11(8-22)9-23-10-13(7-19)20-21-23/h3-4,6,10-11H,1-2,5,7-9,19H2/t11-/m0/s1. The maximum Gasteiger partial charge on any atom is 0.253 e. The molecule has 2 heterocycles. The maximum atomic E-state index is 13.3. The lowest BCUT2D eigenvalue weighted by Crippen LogP contribution is -2.41. The minimum atomic E-state index is -1.01. The van der Waals surface area contributed by atoms with Gasteiger partial charge in [0.05, 0.1) is 5.69 Å². The number of amides is 1. The van der Waals surface area contributed by atoms with Crippen LogP contribution < -0.4 is 5.73 Å². The van der Waals surface area contributed by atoms with Gasteiger partial charge in [-0.05, 0) is 37.0 Å². The normalized spacial score (nSPS) is 18.0. The molecular formula is C16H19F2N5O. The first-order valence-electron chi connectivity index (χ1n) is 7.90. The molecule has 0 saturated carbocycles. The molecule has 2 N–H and O–H groups in total. The monoisotopic (exact) mass is 335 g/mol. The smallest absolute Gasteiger partial charge is 0.253 e. The van der Waals surface area contributed by atoms with Crippen LogP contribution in [-0.2, 0) is 13.1 Å². The van der Waals surface area contributed by atoms with Crippen LogP contribution in [0.15, 0.2) is 24.4 Å². The summed E-state index contributed by atoms with van der Waals surface area (Å²) in [6, 6.07) is 3.25. The topological polar surface area (TPSA) is 77.0 Å². The Morgan fingerprint density at radius 3 is 2.88 bits per heavy atom. The first kappa shape index (κ1) is 16.5. The summed E-state index contributed by atoms with van der Waals surface area (Å²) in [6.07, 6.45) is 3.63. The van der Waals surface area contributed by atoms with Crippen molar-refractivity contribution in [2.75, 3.05) is 13.1 Å². The SMILES string of the molecule is NCc1cn(C[C@H]2CCCN(C(=O)c3ccc(F)c(F)c3)C2)nn1. The van der Waals surface area contributed by atoms with Crippen LogP contribution in [0.5, 0.6) is 0 Å². The summed E-state index contributed by atoms with van der Waals surface area (Å²) in [5, 5.41) is 7.97. The minimum Gasteiger partial charge on any atom is -0.338 e. The Balaban J connectivity index is 1.66. The summed E-state index contributed by atoms with van der Waals surface area (Å²) in [7, 11) is 0. The molecule has 0 aliphatic carbocycles. The third-order valence-electron chi connectivity index (χ3n) is 4.21. The Morgan fingerprint density at radius 1 is 1.33 bits per heavy atom. The molecule has 1 saturated heterocycles. The molecule has 128 valence electrons. The van der Waals surface area contributed by atoms with Crippen LogP contribution in [0.4, 0.5) is 8.78 Å². The van der Waals surface area contributed by atoms with Crippen molar-refractivity contribution in [3.8, 4) is 0 Å². The first-order chi connectivity index (χ1) is 11.6. The van der Waals surface area contributed by atoms with E-state index in [0.29, 0.717) is 26.2 Å². The Hall–Kier alpha value is -2.35. The zero-order valence-electron chi connectivity index (χ0n) is 13.2. The molecule has 1 atom stereocenters. The lowest BCUT2D eigenvalue weighted by atomic mass is 9.97. The number of halogens is 2. The molecule has 6 nitrogen and oxygen atoms in total. The number of piperidine rings is 1. The van der Waals surface area contributed by atoms with Gasteiger partial charge < -0.3 is 10.6 Å². The summed E-state index contributed by atoms with van der Waals surface area (Å²) >= 11 is 0. The number of hydrogen-bond donors (Lipinski definition) is 1. The van der Waals surface area contributed by atoms with Crippen molar-refractivity contribution in [2.45, 2.75) is 25.9 Å². The lowest BCUT2D eigenvalue weighted by Gasteiger charge is -2.32. The molecule has 0 spiro atoms. The fourth-order valence-corrected chi connectivity index (χ4v) is 3.00. The van der Waals surface area contributed by atoms with E-state index in [2.05, 4.69) is 10.3 Å². The fourth-order valence-electron chi connectivity index (χ4n) is 3.00. The van der Waals surface area contributed by atoms with Crippen molar-refractivity contribution in [1.29, 1.82) is 0 Å². The van der Waals surface area contributed by atoms with Gasteiger partial charge in [0.2, 0.25) is 0 Å². The van der Waals surface area contributed by atoms with Crippen molar-refractivity contribution in [3.05, 3.63) is 47.3 Å². The van der Waals surface area contributed by atoms with Crippen molar-refractivity contribution in [1.82, 2.24) is 19.9 Å². The van der Waals surface area contributed by atoms with E-state index in [4.69, 9.17) is 5.73 Å². The van der Waals surface area contributed by atoms with E-state index in [1.807, 2.05) is 0 Å². The third-order valence-corrected chi connectivity index (χ3v) is 4.21. The van der Waals surface area contributed by atoms with E-state index < -0.39 is 11.6 Å². The Morgan fingerprint density at radius 2 is 2.17 bits per heavy atom. The molecule has 0 radical (unpaired) electrons. The summed E-state index contributed by atoms with van der Waals surface area (Å²) in [6.45, 7) is 2.15. The first-order valence-corrected chi connectivity index (χ1v) is 7.90. The van der Waals surface area contributed by atoms with Crippen LogP contribution in [0.3, 0.4) is 0 Å². The van der Waals surface area contributed by atoms with Gasteiger partial charge in [0, 0.05) is 37.9 Å². The van der Waals surface area contributed by atoms with Gasteiger partial charge in [-0.2, -0.15) is 0 Å². The molecule has 0 bridgehead atoms. The van der Waals surface area contributed by atoms with Gasteiger partial charge >= 0.3 is 0 Å². The van der Waals surface area contributed by atoms with Crippen molar-refractivity contribution >= 4 is 5.91 Å². The highest BCUT2D eigenvalue weighted by atomic mass is 19.2. The van der Waals surface area contributed by atoms with E-state index in [0.717, 1.165) is 30.7 Å². The zero-order valence-corrected chi connectivity index (χ0v) is 13.2. The third kappa shape index (κ3) is 3.59. The summed E-state index contributed by atoms with van der Waals surface area (Å²) in [4.78, 5) is 14.2. The lowest BCUT2D eigenvalue weighted by molar-refractivity contribution is 0.0658. The van der Waals surface area contributed by atoms with Gasteiger partial charge in [0.1, 0.15) is 0 Å². The van der Waals surface area contributed by atoms with Crippen LogP contribution in [0.1, 0.15) is 28.9 Å². The Kier molecular flexibility index (Phi) is 4.84. The molecule has 1 amide bonds. The molecule has 1 aliphatic heterocycles. The molecular weight excluding hydrogens is 316 g/mol. The summed E-state index contributed by atoms with van der Waals surface area (Å²) < 4.78 is 28.1. The molecule has 0 unspecified atom stereocenters. The number of nitrogens with zero attached hydrogens (tertiary/aromatic N) is 4. The molecule has 1 fully saturated rings. The van der Waals surface area contributed by atoms with Gasteiger partial charge in [-0.3, -0.25) is 9.48 Å². The van der Waals surface area contributed by atoms with Crippen LogP contribution in [0.2, 0.25) is 0 Å². The van der Waals surface area contributed by atoms with Crippen LogP contribution >= 0.6 is 0 Å². The molecule has 1 aromatic carbocycles. The van der Waals surface area contributed by atoms with Crippen LogP contribution in [-0.4, -0.2) is 38.9 Å². The molecule has 24 heavy (non-hydrogen) atoms. The largest absolute Gasteiger partial charge is 0.338 e. The van der Waals surface area contributed by atoms with Crippen molar-refractivity contribution < 1.29 is 13.6 Å². The van der Waals surface area contributed by atoms with Crippen molar-refractivity contribution in [2.24, 2.45) is 11.7 Å². The molecule has 3 rings (SSSR count). The average Bonchev–Trinajstić information content (AvgIpc) is 3.04. The number of aromatic nitrogens is 3. The molecule has 2 aromatic rings. The van der Waals surface area contributed by atoms with Gasteiger partial charge in [0.25, 0.3) is 5.91 Å². The van der Waals surface area contributed by atoms with Gasteiger partial charge in [-0.25, -0.2) is 8.78 Å². The Labute approximate surface area is 138 Å². The number of carbonyl (C=O) groups excluding carboxylic acids is 1. The second-order valence-electron chi connectivity index (χ2n) is 6.02. The number of benzene rings is 1. The van der Waals surface area contributed by atoms with Gasteiger partial charge in [-0.1, -0.05) is 5.21 Å². The summed E-state index contributed by atoms with van der Waals surface area (Å²) in [5.41, 5.74) is 6.41. The van der Waals surface area contributed by atoms with E-state index in [1.54, 1.807) is 15.8 Å². The predicted octanol–water partition coefficient (Wildman–Crippen LogP) is 1.57. The van der Waals surface area contributed by atoms with Crippen LogP contribution in [0.25, 0.3) is 0 Å². The van der Waals surface area contributed by atoms with Crippen LogP contribution in [0, 0.1) is 17.6 Å². The predicted molar refractivity (Wildman–Crippen MR) is 82.9 cm³/mol. The second-order valence-corrected chi connectivity index (χ2v) is 6.02. The number of hydrogen-bond acceptors (Lipinski definition) is 4. The second kappa shape index (κ2) is 7.04. The number of likely N-dealkylation sites (tertiary alicyclic amines) is 1. The Bertz CT molecular complexity index is 733.